The molecule has 0 aliphatic heterocycles. The molecule has 0 radical (unpaired) electrons. The Kier molecular flexibility index (Phi) is 4.43. The van der Waals surface area contributed by atoms with Gasteiger partial charge in [0, 0.05) is 24.9 Å². The lowest BCUT2D eigenvalue weighted by molar-refractivity contribution is 0.519. The zero-order chi connectivity index (χ0) is 15.5. The highest BCUT2D eigenvalue weighted by Gasteiger charge is 2.29. The van der Waals surface area contributed by atoms with E-state index in [9.17, 15) is 8.42 Å². The van der Waals surface area contributed by atoms with E-state index in [1.54, 1.807) is 13.8 Å². The average molecular weight is 308 g/mol. The van der Waals surface area contributed by atoms with Gasteiger partial charge in [0.05, 0.1) is 4.75 Å². The Hall–Kier alpha value is -1.73. The van der Waals surface area contributed by atoms with Gasteiger partial charge in [-0.2, -0.15) is 15.4 Å². The fourth-order valence-corrected chi connectivity index (χ4v) is 2.18. The summed E-state index contributed by atoms with van der Waals surface area (Å²) in [5.41, 5.74) is 2.52. The molecule has 0 fully saturated rings. The van der Waals surface area contributed by atoms with Crippen LogP contribution in [-0.2, 0) is 16.4 Å². The molecule has 0 aliphatic carbocycles. The van der Waals surface area contributed by atoms with Crippen LogP contribution in [0.1, 0.15) is 19.5 Å². The Bertz CT molecular complexity index is 693. The number of sulfone groups is 1. The molecular weight excluding hydrogens is 288 g/mol. The van der Waals surface area contributed by atoms with Crippen LogP contribution in [0.4, 0.5) is 0 Å². The molecule has 0 amide bonds. The van der Waals surface area contributed by atoms with E-state index in [-0.39, 0.29) is 0 Å². The molecule has 2 aromatic rings. The number of nitrogens with one attached hydrogen (secondary N) is 2. The van der Waals surface area contributed by atoms with Crippen molar-refractivity contribution in [2.75, 3.05) is 12.8 Å². The lowest BCUT2D eigenvalue weighted by atomic mass is 10.1. The molecule has 2 rings (SSSR count). The number of aromatic amines is 1. The maximum atomic E-state index is 11.7. The second kappa shape index (κ2) is 5.95. The molecule has 0 unspecified atom stereocenters. The number of hydrogen-bond acceptors (Lipinski definition) is 5. The molecule has 7 heteroatoms. The summed E-state index contributed by atoms with van der Waals surface area (Å²) < 4.78 is 22.5. The lowest BCUT2D eigenvalue weighted by Crippen LogP contribution is -2.41. The van der Waals surface area contributed by atoms with Crippen molar-refractivity contribution in [2.45, 2.75) is 25.1 Å². The molecule has 21 heavy (non-hydrogen) atoms. The largest absolute Gasteiger partial charge is 0.309 e. The molecule has 2 N–H and O–H groups in total. The van der Waals surface area contributed by atoms with Gasteiger partial charge in [0.1, 0.15) is 11.4 Å². The van der Waals surface area contributed by atoms with E-state index < -0.39 is 14.6 Å². The van der Waals surface area contributed by atoms with Crippen LogP contribution in [0, 0.1) is 0 Å². The summed E-state index contributed by atoms with van der Waals surface area (Å²) in [4.78, 5) is 0. The van der Waals surface area contributed by atoms with Crippen LogP contribution < -0.4 is 5.32 Å². The molecule has 0 spiro atoms. The van der Waals surface area contributed by atoms with Crippen LogP contribution in [0.3, 0.4) is 0 Å². The first-order valence-electron chi connectivity index (χ1n) is 6.67. The molecule has 1 aromatic carbocycles. The van der Waals surface area contributed by atoms with Gasteiger partial charge < -0.3 is 5.32 Å². The van der Waals surface area contributed by atoms with Crippen LogP contribution in [0.5, 0.6) is 0 Å². The predicted octanol–water partition coefficient (Wildman–Crippen LogP) is 1.38. The maximum absolute atomic E-state index is 11.7. The van der Waals surface area contributed by atoms with E-state index in [1.165, 1.54) is 6.26 Å². The van der Waals surface area contributed by atoms with Crippen LogP contribution in [0.15, 0.2) is 30.3 Å². The average Bonchev–Trinajstić information content (AvgIpc) is 2.86. The maximum Gasteiger partial charge on any atom is 0.153 e. The molecule has 0 atom stereocenters. The number of aromatic nitrogens is 3. The normalized spacial score (nSPS) is 12.5. The summed E-state index contributed by atoms with van der Waals surface area (Å²) in [5.74, 6) is 0. The molecule has 0 saturated carbocycles. The van der Waals surface area contributed by atoms with Gasteiger partial charge in [-0.25, -0.2) is 8.42 Å². The van der Waals surface area contributed by atoms with Crippen LogP contribution in [0.2, 0.25) is 0 Å². The zero-order valence-electron chi connectivity index (χ0n) is 12.4. The summed E-state index contributed by atoms with van der Waals surface area (Å²) >= 11 is 0. The van der Waals surface area contributed by atoms with Gasteiger partial charge in [-0.1, -0.05) is 30.3 Å². The highest BCUT2D eigenvalue weighted by atomic mass is 32.2. The Morgan fingerprint density at radius 2 is 1.86 bits per heavy atom. The van der Waals surface area contributed by atoms with Gasteiger partial charge in [0.25, 0.3) is 0 Å². The van der Waals surface area contributed by atoms with Crippen molar-refractivity contribution in [2.24, 2.45) is 0 Å². The van der Waals surface area contributed by atoms with Crippen molar-refractivity contribution in [1.82, 2.24) is 20.7 Å². The van der Waals surface area contributed by atoms with E-state index in [1.807, 2.05) is 30.3 Å². The molecule has 0 aliphatic rings. The minimum Gasteiger partial charge on any atom is -0.309 e. The Labute approximate surface area is 124 Å². The second-order valence-corrected chi connectivity index (χ2v) is 8.27. The SMILES string of the molecule is CC(C)(CNCc1n[nH]nc1-c1ccccc1)S(C)(=O)=O. The van der Waals surface area contributed by atoms with Gasteiger partial charge in [-0.3, -0.25) is 0 Å². The first-order chi connectivity index (χ1) is 9.81. The molecule has 0 saturated heterocycles. The summed E-state index contributed by atoms with van der Waals surface area (Å²) in [6.07, 6.45) is 1.25. The van der Waals surface area contributed by atoms with E-state index in [4.69, 9.17) is 0 Å². The van der Waals surface area contributed by atoms with Gasteiger partial charge in [-0.15, -0.1) is 0 Å². The molecule has 114 valence electrons. The summed E-state index contributed by atoms with van der Waals surface area (Å²) in [6.45, 7) is 4.22. The van der Waals surface area contributed by atoms with E-state index >= 15 is 0 Å². The van der Waals surface area contributed by atoms with Crippen molar-refractivity contribution in [3.63, 3.8) is 0 Å². The minimum atomic E-state index is -3.11. The number of rotatable bonds is 6. The van der Waals surface area contributed by atoms with Gasteiger partial charge >= 0.3 is 0 Å². The predicted molar refractivity (Wildman–Crippen MR) is 82.4 cm³/mol. The number of benzene rings is 1. The molecule has 0 bridgehead atoms. The lowest BCUT2D eigenvalue weighted by Gasteiger charge is -2.22. The van der Waals surface area contributed by atoms with Crippen molar-refractivity contribution in [3.05, 3.63) is 36.0 Å². The standard InChI is InChI=1S/C14H20N4O2S/c1-14(2,21(3,19)20)10-15-9-12-13(17-18-16-12)11-7-5-4-6-8-11/h4-8,15H,9-10H2,1-3H3,(H,16,17,18). The first-order valence-corrected chi connectivity index (χ1v) is 8.56. The van der Waals surface area contributed by atoms with Crippen LogP contribution >= 0.6 is 0 Å². The first kappa shape index (κ1) is 15.7. The Balaban J connectivity index is 2.05. The van der Waals surface area contributed by atoms with Crippen molar-refractivity contribution < 1.29 is 8.42 Å². The van der Waals surface area contributed by atoms with E-state index in [0.717, 1.165) is 17.0 Å². The third kappa shape index (κ3) is 3.68. The van der Waals surface area contributed by atoms with E-state index in [0.29, 0.717) is 13.1 Å². The number of nitrogens with zero attached hydrogens (tertiary/aromatic N) is 2. The van der Waals surface area contributed by atoms with E-state index in [2.05, 4.69) is 20.7 Å². The van der Waals surface area contributed by atoms with Gasteiger partial charge in [0.15, 0.2) is 9.84 Å². The minimum absolute atomic E-state index is 0.354. The summed E-state index contributed by atoms with van der Waals surface area (Å²) in [5, 5.41) is 14.0. The highest BCUT2D eigenvalue weighted by Crippen LogP contribution is 2.19. The highest BCUT2D eigenvalue weighted by molar-refractivity contribution is 7.92. The third-order valence-electron chi connectivity index (χ3n) is 3.51. The Morgan fingerprint density at radius 1 is 1.19 bits per heavy atom. The molecule has 6 nitrogen and oxygen atoms in total. The van der Waals surface area contributed by atoms with Crippen molar-refractivity contribution in [1.29, 1.82) is 0 Å². The van der Waals surface area contributed by atoms with Crippen molar-refractivity contribution in [3.8, 4) is 11.3 Å². The zero-order valence-corrected chi connectivity index (χ0v) is 13.2. The van der Waals surface area contributed by atoms with Crippen LogP contribution in [-0.4, -0.2) is 41.4 Å². The third-order valence-corrected chi connectivity index (χ3v) is 5.67. The quantitative estimate of drug-likeness (QED) is 0.842. The molecule has 1 heterocycles. The number of hydrogen-bond donors (Lipinski definition) is 2. The van der Waals surface area contributed by atoms with Gasteiger partial charge in [-0.05, 0) is 13.8 Å². The van der Waals surface area contributed by atoms with Crippen molar-refractivity contribution >= 4 is 9.84 Å². The molecular formula is C14H20N4O2S. The second-order valence-electron chi connectivity index (χ2n) is 5.62. The summed E-state index contributed by atoms with van der Waals surface area (Å²) in [6, 6.07) is 9.74. The summed E-state index contributed by atoms with van der Waals surface area (Å²) in [7, 11) is -3.11. The molecule has 1 aromatic heterocycles. The van der Waals surface area contributed by atoms with Crippen LogP contribution in [0.25, 0.3) is 11.3 Å². The number of H-pyrrole nitrogens is 1. The smallest absolute Gasteiger partial charge is 0.153 e. The Morgan fingerprint density at radius 3 is 2.48 bits per heavy atom. The fraction of sp³-hybridized carbons (Fsp3) is 0.429. The topological polar surface area (TPSA) is 87.7 Å². The van der Waals surface area contributed by atoms with Gasteiger partial charge in [0.2, 0.25) is 0 Å². The monoisotopic (exact) mass is 308 g/mol. The fourth-order valence-electron chi connectivity index (χ4n) is 1.82.